The summed E-state index contributed by atoms with van der Waals surface area (Å²) in [5, 5.41) is 3.03. The second kappa shape index (κ2) is 6.12. The van der Waals surface area contributed by atoms with Gasteiger partial charge in [-0.15, -0.1) is 0 Å². The molecule has 0 saturated carbocycles. The molecule has 1 aromatic heterocycles. The van der Waals surface area contributed by atoms with Crippen LogP contribution in [0.15, 0.2) is 43.9 Å². The number of nitrogens with one attached hydrogen (secondary N) is 1. The van der Waals surface area contributed by atoms with E-state index in [1.54, 1.807) is 18.3 Å². The molecule has 0 saturated heterocycles. The lowest BCUT2D eigenvalue weighted by molar-refractivity contribution is 0.629. The first-order valence-corrected chi connectivity index (χ1v) is 7.43. The van der Waals surface area contributed by atoms with Crippen molar-refractivity contribution in [3.63, 3.8) is 0 Å². The predicted molar refractivity (Wildman–Crippen MR) is 81.1 cm³/mol. The second-order valence-corrected chi connectivity index (χ2v) is 6.16. The molecule has 0 aliphatic heterocycles. The van der Waals surface area contributed by atoms with Crippen molar-refractivity contribution in [1.29, 1.82) is 0 Å². The van der Waals surface area contributed by atoms with Crippen LogP contribution in [0.3, 0.4) is 0 Å². The van der Waals surface area contributed by atoms with E-state index in [9.17, 15) is 4.39 Å². The van der Waals surface area contributed by atoms with Gasteiger partial charge in [-0.05, 0) is 66.0 Å². The maximum atomic E-state index is 13.6. The Kier molecular flexibility index (Phi) is 4.75. The molecule has 94 valence electrons. The second-order valence-electron chi connectivity index (χ2n) is 3.53. The van der Waals surface area contributed by atoms with Crippen molar-refractivity contribution >= 4 is 53.5 Å². The zero-order valence-electron chi connectivity index (χ0n) is 9.05. The Morgan fingerprint density at radius 1 is 1.17 bits per heavy atom. The summed E-state index contributed by atoms with van der Waals surface area (Å²) in [7, 11) is 0. The maximum Gasteiger partial charge on any atom is 0.147 e. The highest BCUT2D eigenvalue weighted by atomic mass is 79.9. The molecule has 0 aliphatic rings. The molecule has 1 aromatic carbocycles. The van der Waals surface area contributed by atoms with Crippen LogP contribution in [0.25, 0.3) is 0 Å². The molecule has 0 amide bonds. The summed E-state index contributed by atoms with van der Waals surface area (Å²) in [4.78, 5) is 4.26. The highest BCUT2D eigenvalue weighted by molar-refractivity contribution is 9.11. The minimum absolute atomic E-state index is 0.294. The molecule has 0 atom stereocenters. The van der Waals surface area contributed by atoms with E-state index in [1.807, 2.05) is 6.07 Å². The van der Waals surface area contributed by atoms with Crippen molar-refractivity contribution in [2.24, 2.45) is 0 Å². The van der Waals surface area contributed by atoms with Gasteiger partial charge in [-0.25, -0.2) is 4.39 Å². The van der Waals surface area contributed by atoms with Gasteiger partial charge in [0.2, 0.25) is 0 Å². The molecule has 2 nitrogen and oxygen atoms in total. The van der Waals surface area contributed by atoms with Crippen molar-refractivity contribution < 1.29 is 4.39 Å². The molecule has 0 unspecified atom stereocenters. The standard InChI is InChI=1S/C12H8Br3FN2/c13-7-4-9(15)11(17-5-7)6-18-12-8(14)2-1-3-10(12)16/h1-5,18H,6H2. The molecule has 0 bridgehead atoms. The van der Waals surface area contributed by atoms with Crippen molar-refractivity contribution in [3.8, 4) is 0 Å². The van der Waals surface area contributed by atoms with Crippen LogP contribution in [0.1, 0.15) is 5.69 Å². The van der Waals surface area contributed by atoms with Gasteiger partial charge in [-0.3, -0.25) is 4.98 Å². The third-order valence-electron chi connectivity index (χ3n) is 2.28. The quantitative estimate of drug-likeness (QED) is 0.719. The molecule has 0 fully saturated rings. The first kappa shape index (κ1) is 14.0. The minimum Gasteiger partial charge on any atom is -0.376 e. The van der Waals surface area contributed by atoms with Crippen LogP contribution < -0.4 is 5.32 Å². The van der Waals surface area contributed by atoms with Gasteiger partial charge in [-0.1, -0.05) is 6.07 Å². The van der Waals surface area contributed by atoms with Crippen molar-refractivity contribution in [3.05, 3.63) is 55.4 Å². The normalized spacial score (nSPS) is 10.4. The van der Waals surface area contributed by atoms with E-state index < -0.39 is 0 Å². The number of benzene rings is 1. The molecule has 0 aliphatic carbocycles. The van der Waals surface area contributed by atoms with Crippen molar-refractivity contribution in [2.75, 3.05) is 5.32 Å². The number of nitrogens with zero attached hydrogens (tertiary/aromatic N) is 1. The summed E-state index contributed by atoms with van der Waals surface area (Å²) < 4.78 is 16.0. The van der Waals surface area contributed by atoms with E-state index >= 15 is 0 Å². The Balaban J connectivity index is 2.16. The molecule has 1 N–H and O–H groups in total. The highest BCUT2D eigenvalue weighted by Crippen LogP contribution is 2.26. The van der Waals surface area contributed by atoms with Gasteiger partial charge in [0.25, 0.3) is 0 Å². The van der Waals surface area contributed by atoms with E-state index in [0.29, 0.717) is 16.7 Å². The van der Waals surface area contributed by atoms with E-state index in [0.717, 1.165) is 14.6 Å². The summed E-state index contributed by atoms with van der Waals surface area (Å²) in [6.45, 7) is 0.438. The van der Waals surface area contributed by atoms with Gasteiger partial charge in [-0.2, -0.15) is 0 Å². The van der Waals surface area contributed by atoms with Gasteiger partial charge in [0, 0.05) is 19.6 Å². The zero-order chi connectivity index (χ0) is 13.1. The first-order valence-electron chi connectivity index (χ1n) is 5.05. The van der Waals surface area contributed by atoms with Gasteiger partial charge >= 0.3 is 0 Å². The van der Waals surface area contributed by atoms with Crippen LogP contribution in [-0.4, -0.2) is 4.98 Å². The van der Waals surface area contributed by atoms with Crippen molar-refractivity contribution in [1.82, 2.24) is 4.98 Å². The Hall–Kier alpha value is -0.460. The molecule has 6 heteroatoms. The average Bonchev–Trinajstić information content (AvgIpc) is 2.31. The van der Waals surface area contributed by atoms with E-state index in [2.05, 4.69) is 58.1 Å². The Morgan fingerprint density at radius 3 is 2.61 bits per heavy atom. The molecule has 0 spiro atoms. The van der Waals surface area contributed by atoms with Crippen LogP contribution in [0.4, 0.5) is 10.1 Å². The number of hydrogen-bond acceptors (Lipinski definition) is 2. The maximum absolute atomic E-state index is 13.6. The minimum atomic E-state index is -0.294. The highest BCUT2D eigenvalue weighted by Gasteiger charge is 2.08. The molecule has 2 rings (SSSR count). The van der Waals surface area contributed by atoms with Gasteiger partial charge in [0.1, 0.15) is 5.82 Å². The summed E-state index contributed by atoms with van der Waals surface area (Å²) in [5.41, 5.74) is 1.25. The Bertz CT molecular complexity index is 555. The number of anilines is 1. The molecule has 1 heterocycles. The lowest BCUT2D eigenvalue weighted by Gasteiger charge is -2.10. The number of hydrogen-bond donors (Lipinski definition) is 1. The van der Waals surface area contributed by atoms with Crippen LogP contribution in [0.5, 0.6) is 0 Å². The summed E-state index contributed by atoms with van der Waals surface area (Å²) in [5.74, 6) is -0.294. The Morgan fingerprint density at radius 2 is 1.94 bits per heavy atom. The molecule has 18 heavy (non-hydrogen) atoms. The van der Waals surface area contributed by atoms with E-state index in [4.69, 9.17) is 0 Å². The fourth-order valence-electron chi connectivity index (χ4n) is 1.41. The summed E-state index contributed by atoms with van der Waals surface area (Å²) >= 11 is 10.1. The fraction of sp³-hybridized carbons (Fsp3) is 0.0833. The van der Waals surface area contributed by atoms with Gasteiger partial charge in [0.15, 0.2) is 0 Å². The third kappa shape index (κ3) is 3.30. The Labute approximate surface area is 129 Å². The monoisotopic (exact) mass is 436 g/mol. The topological polar surface area (TPSA) is 24.9 Å². The van der Waals surface area contributed by atoms with Crippen molar-refractivity contribution in [2.45, 2.75) is 6.54 Å². The van der Waals surface area contributed by atoms with E-state index in [-0.39, 0.29) is 5.82 Å². The molecular formula is C12H8Br3FN2. The molecular weight excluding hydrogens is 431 g/mol. The first-order chi connectivity index (χ1) is 8.58. The SMILES string of the molecule is Fc1cccc(Br)c1NCc1ncc(Br)cc1Br. The zero-order valence-corrected chi connectivity index (χ0v) is 13.8. The smallest absolute Gasteiger partial charge is 0.147 e. The lowest BCUT2D eigenvalue weighted by Crippen LogP contribution is -2.04. The molecule has 2 aromatic rings. The third-order valence-corrected chi connectivity index (χ3v) is 4.06. The van der Waals surface area contributed by atoms with E-state index in [1.165, 1.54) is 6.07 Å². The largest absolute Gasteiger partial charge is 0.376 e. The van der Waals surface area contributed by atoms with Crippen LogP contribution >= 0.6 is 47.8 Å². The summed E-state index contributed by atoms with van der Waals surface area (Å²) in [6, 6.07) is 6.76. The number of halogens is 4. The summed E-state index contributed by atoms with van der Waals surface area (Å²) in [6.07, 6.45) is 1.71. The van der Waals surface area contributed by atoms with Gasteiger partial charge in [0.05, 0.1) is 17.9 Å². The lowest BCUT2D eigenvalue weighted by atomic mass is 10.3. The number of aromatic nitrogens is 1. The number of para-hydroxylation sites is 1. The molecule has 0 radical (unpaired) electrons. The number of pyridine rings is 1. The predicted octanol–water partition coefficient (Wildman–Crippen LogP) is 5.12. The average molecular weight is 439 g/mol. The van der Waals surface area contributed by atoms with Crippen LogP contribution in [-0.2, 0) is 6.54 Å². The van der Waals surface area contributed by atoms with Crippen LogP contribution in [0, 0.1) is 5.82 Å². The van der Waals surface area contributed by atoms with Crippen LogP contribution in [0.2, 0.25) is 0 Å². The van der Waals surface area contributed by atoms with Gasteiger partial charge < -0.3 is 5.32 Å². The number of rotatable bonds is 3. The fourth-order valence-corrected chi connectivity index (χ4v) is 3.02.